The summed E-state index contributed by atoms with van der Waals surface area (Å²) in [5.74, 6) is 1.56. The van der Waals surface area contributed by atoms with Crippen LogP contribution in [0.1, 0.15) is 29.4 Å². The lowest BCUT2D eigenvalue weighted by Gasteiger charge is -2.11. The van der Waals surface area contributed by atoms with Gasteiger partial charge in [0, 0.05) is 30.0 Å². The molecular formula is C21H25ClN6. The van der Waals surface area contributed by atoms with Crippen LogP contribution >= 0.6 is 11.6 Å². The molecule has 0 saturated carbocycles. The number of benzene rings is 1. The van der Waals surface area contributed by atoms with Crippen molar-refractivity contribution in [3.63, 3.8) is 0 Å². The zero-order chi connectivity index (χ0) is 19.9. The second-order valence-electron chi connectivity index (χ2n) is 6.54. The van der Waals surface area contributed by atoms with Crippen LogP contribution in [0.15, 0.2) is 53.7 Å². The molecule has 6 nitrogen and oxygen atoms in total. The highest BCUT2D eigenvalue weighted by Crippen LogP contribution is 2.11. The molecule has 0 saturated heterocycles. The molecule has 0 fully saturated rings. The van der Waals surface area contributed by atoms with Gasteiger partial charge in [-0.3, -0.25) is 0 Å². The first-order valence-corrected chi connectivity index (χ1v) is 9.68. The van der Waals surface area contributed by atoms with Crippen LogP contribution in [0.4, 0.5) is 0 Å². The number of nitrogens with one attached hydrogen (secondary N) is 2. The zero-order valence-electron chi connectivity index (χ0n) is 16.4. The van der Waals surface area contributed by atoms with Gasteiger partial charge in [0.2, 0.25) is 0 Å². The molecule has 7 heteroatoms. The minimum Gasteiger partial charge on any atom is -0.357 e. The van der Waals surface area contributed by atoms with E-state index in [4.69, 9.17) is 11.6 Å². The summed E-state index contributed by atoms with van der Waals surface area (Å²) in [7, 11) is 0. The Morgan fingerprint density at radius 3 is 2.61 bits per heavy atom. The topological polar surface area (TPSA) is 67.1 Å². The number of hydrogen-bond acceptors (Lipinski definition) is 3. The van der Waals surface area contributed by atoms with E-state index < -0.39 is 0 Å². The number of aryl methyl sites for hydroxylation is 2. The first-order valence-electron chi connectivity index (χ1n) is 9.30. The fourth-order valence-corrected chi connectivity index (χ4v) is 3.05. The van der Waals surface area contributed by atoms with Crippen molar-refractivity contribution >= 4 is 17.6 Å². The van der Waals surface area contributed by atoms with Crippen molar-refractivity contribution < 1.29 is 0 Å². The third kappa shape index (κ3) is 5.33. The second-order valence-corrected chi connectivity index (χ2v) is 6.98. The SMILES string of the molecule is CCNC(=NCc1ccc(-n2nc(C)cc2C)nc1)NCc1cccc(Cl)c1. The maximum Gasteiger partial charge on any atom is 0.191 e. The van der Waals surface area contributed by atoms with E-state index in [1.54, 1.807) is 0 Å². The molecule has 1 aromatic carbocycles. The van der Waals surface area contributed by atoms with Crippen molar-refractivity contribution in [1.82, 2.24) is 25.4 Å². The summed E-state index contributed by atoms with van der Waals surface area (Å²) < 4.78 is 1.85. The molecular weight excluding hydrogens is 372 g/mol. The number of aliphatic imine (C=N–C) groups is 1. The molecule has 2 N–H and O–H groups in total. The van der Waals surface area contributed by atoms with Crippen LogP contribution in [-0.2, 0) is 13.1 Å². The zero-order valence-corrected chi connectivity index (χ0v) is 17.2. The minimum absolute atomic E-state index is 0.537. The van der Waals surface area contributed by atoms with Crippen LogP contribution < -0.4 is 10.6 Å². The van der Waals surface area contributed by atoms with Gasteiger partial charge in [-0.2, -0.15) is 5.10 Å². The Hall–Kier alpha value is -2.86. The number of aromatic nitrogens is 3. The fourth-order valence-electron chi connectivity index (χ4n) is 2.84. The third-order valence-electron chi connectivity index (χ3n) is 4.15. The van der Waals surface area contributed by atoms with Crippen molar-refractivity contribution in [2.45, 2.75) is 33.9 Å². The largest absolute Gasteiger partial charge is 0.357 e. The van der Waals surface area contributed by atoms with Gasteiger partial charge in [0.1, 0.15) is 0 Å². The van der Waals surface area contributed by atoms with E-state index in [0.29, 0.717) is 13.1 Å². The molecule has 2 aromatic heterocycles. The lowest BCUT2D eigenvalue weighted by Crippen LogP contribution is -2.36. The average molecular weight is 397 g/mol. The van der Waals surface area contributed by atoms with E-state index in [1.807, 2.05) is 74.1 Å². The number of rotatable bonds is 6. The smallest absolute Gasteiger partial charge is 0.191 e. The van der Waals surface area contributed by atoms with Gasteiger partial charge in [-0.25, -0.2) is 14.7 Å². The van der Waals surface area contributed by atoms with Crippen molar-refractivity contribution in [2.24, 2.45) is 4.99 Å². The number of hydrogen-bond donors (Lipinski definition) is 2. The molecule has 3 aromatic rings. The molecule has 0 aliphatic rings. The third-order valence-corrected chi connectivity index (χ3v) is 4.38. The molecule has 0 atom stereocenters. The van der Waals surface area contributed by atoms with Gasteiger partial charge in [0.15, 0.2) is 11.8 Å². The molecule has 0 unspecified atom stereocenters. The normalized spacial score (nSPS) is 11.5. The number of pyridine rings is 1. The number of halogens is 1. The molecule has 0 radical (unpaired) electrons. The van der Waals surface area contributed by atoms with Gasteiger partial charge in [0.05, 0.1) is 12.2 Å². The van der Waals surface area contributed by atoms with Gasteiger partial charge in [-0.15, -0.1) is 0 Å². The van der Waals surface area contributed by atoms with Gasteiger partial charge in [-0.1, -0.05) is 29.8 Å². The Morgan fingerprint density at radius 2 is 1.96 bits per heavy atom. The summed E-state index contributed by atoms with van der Waals surface area (Å²) in [6.45, 7) is 8.02. The van der Waals surface area contributed by atoms with Crippen molar-refractivity contribution in [3.05, 3.63) is 76.2 Å². The Balaban J connectivity index is 1.64. The Bertz CT molecular complexity index is 946. The summed E-state index contributed by atoms with van der Waals surface area (Å²) in [5.41, 5.74) is 4.18. The Labute approximate surface area is 170 Å². The number of guanidine groups is 1. The predicted molar refractivity (Wildman–Crippen MR) is 114 cm³/mol. The summed E-state index contributed by atoms with van der Waals surface area (Å²) >= 11 is 6.04. The summed E-state index contributed by atoms with van der Waals surface area (Å²) in [6, 6.07) is 13.8. The fraction of sp³-hybridized carbons (Fsp3) is 0.286. The van der Waals surface area contributed by atoms with Crippen LogP contribution in [0.25, 0.3) is 5.82 Å². The lowest BCUT2D eigenvalue weighted by atomic mass is 10.2. The molecule has 28 heavy (non-hydrogen) atoms. The van der Waals surface area contributed by atoms with Crippen LogP contribution in [0.3, 0.4) is 0 Å². The lowest BCUT2D eigenvalue weighted by molar-refractivity contribution is 0.799. The maximum atomic E-state index is 6.04. The predicted octanol–water partition coefficient (Wildman–Crippen LogP) is 3.79. The summed E-state index contributed by atoms with van der Waals surface area (Å²) in [5, 5.41) is 11.8. The monoisotopic (exact) mass is 396 g/mol. The van der Waals surface area contributed by atoms with Crippen molar-refractivity contribution in [2.75, 3.05) is 6.54 Å². The Morgan fingerprint density at radius 1 is 1.11 bits per heavy atom. The van der Waals surface area contributed by atoms with E-state index >= 15 is 0 Å². The van der Waals surface area contributed by atoms with Crippen LogP contribution in [0.2, 0.25) is 5.02 Å². The molecule has 0 aliphatic carbocycles. The van der Waals surface area contributed by atoms with Gasteiger partial charge in [-0.05, 0) is 56.2 Å². The highest BCUT2D eigenvalue weighted by Gasteiger charge is 2.05. The van der Waals surface area contributed by atoms with E-state index in [-0.39, 0.29) is 0 Å². The van der Waals surface area contributed by atoms with Crippen LogP contribution in [0, 0.1) is 13.8 Å². The highest BCUT2D eigenvalue weighted by molar-refractivity contribution is 6.30. The molecule has 0 bridgehead atoms. The maximum absolute atomic E-state index is 6.04. The van der Waals surface area contributed by atoms with Gasteiger partial charge in [0.25, 0.3) is 0 Å². The molecule has 0 spiro atoms. The highest BCUT2D eigenvalue weighted by atomic mass is 35.5. The minimum atomic E-state index is 0.537. The molecule has 3 rings (SSSR count). The van der Waals surface area contributed by atoms with Gasteiger partial charge < -0.3 is 10.6 Å². The van der Waals surface area contributed by atoms with Crippen molar-refractivity contribution in [1.29, 1.82) is 0 Å². The first-order chi connectivity index (χ1) is 13.5. The summed E-state index contributed by atoms with van der Waals surface area (Å²) in [4.78, 5) is 9.17. The molecule has 0 aliphatic heterocycles. The van der Waals surface area contributed by atoms with E-state index in [2.05, 4.69) is 25.7 Å². The average Bonchev–Trinajstić information content (AvgIpc) is 3.02. The van der Waals surface area contributed by atoms with E-state index in [9.17, 15) is 0 Å². The van der Waals surface area contributed by atoms with Crippen LogP contribution in [-0.4, -0.2) is 27.3 Å². The van der Waals surface area contributed by atoms with E-state index in [1.165, 1.54) is 0 Å². The second kappa shape index (κ2) is 9.37. The molecule has 0 amide bonds. The Kier molecular flexibility index (Phi) is 6.66. The van der Waals surface area contributed by atoms with Gasteiger partial charge >= 0.3 is 0 Å². The quantitative estimate of drug-likeness (QED) is 0.491. The van der Waals surface area contributed by atoms with Crippen LogP contribution in [0.5, 0.6) is 0 Å². The summed E-state index contributed by atoms with van der Waals surface area (Å²) in [6.07, 6.45) is 1.84. The first kappa shape index (κ1) is 19.9. The number of nitrogens with zero attached hydrogens (tertiary/aromatic N) is 4. The molecule has 2 heterocycles. The molecule has 146 valence electrons. The standard InChI is InChI=1S/C21H25ClN6/c1-4-23-21(25-12-17-6-5-7-19(22)11-17)26-14-18-8-9-20(24-13-18)28-16(3)10-15(2)27-28/h5-11,13H,4,12,14H2,1-3H3,(H2,23,25,26). The van der Waals surface area contributed by atoms with E-state index in [0.717, 1.165) is 45.9 Å². The van der Waals surface area contributed by atoms with Crippen molar-refractivity contribution in [3.8, 4) is 5.82 Å².